The third kappa shape index (κ3) is 4.23. The highest BCUT2D eigenvalue weighted by Gasteiger charge is 2.13. The molecule has 140 valence electrons. The van der Waals surface area contributed by atoms with Crippen LogP contribution < -0.4 is 5.73 Å². The molecule has 0 fully saturated rings. The van der Waals surface area contributed by atoms with Crippen molar-refractivity contribution in [1.29, 1.82) is 0 Å². The number of hydrogen-bond acceptors (Lipinski definition) is 4. The van der Waals surface area contributed by atoms with Gasteiger partial charge in [0.1, 0.15) is 5.82 Å². The van der Waals surface area contributed by atoms with Gasteiger partial charge in [0.15, 0.2) is 5.78 Å². The SMILES string of the molecule is Cn1c(-c2ccc(CCN)cc2)nc2cc(C(=O)CCCC(=O)O)ccc21. The van der Waals surface area contributed by atoms with Gasteiger partial charge in [-0.25, -0.2) is 4.98 Å². The van der Waals surface area contributed by atoms with Gasteiger partial charge < -0.3 is 15.4 Å². The summed E-state index contributed by atoms with van der Waals surface area (Å²) < 4.78 is 2.01. The molecule has 0 spiro atoms. The molecule has 0 radical (unpaired) electrons. The number of carbonyl (C=O) groups is 2. The molecule has 0 bridgehead atoms. The van der Waals surface area contributed by atoms with E-state index in [-0.39, 0.29) is 18.6 Å². The highest BCUT2D eigenvalue weighted by molar-refractivity contribution is 5.99. The molecule has 0 saturated heterocycles. The van der Waals surface area contributed by atoms with E-state index in [0.29, 0.717) is 18.5 Å². The number of nitrogens with two attached hydrogens (primary N) is 1. The smallest absolute Gasteiger partial charge is 0.303 e. The van der Waals surface area contributed by atoms with Crippen LogP contribution in [0.2, 0.25) is 0 Å². The van der Waals surface area contributed by atoms with Gasteiger partial charge in [0.2, 0.25) is 0 Å². The number of carboxylic acids is 1. The fraction of sp³-hybridized carbons (Fsp3) is 0.286. The molecule has 0 atom stereocenters. The first-order valence-electron chi connectivity index (χ1n) is 9.00. The zero-order valence-corrected chi connectivity index (χ0v) is 15.3. The van der Waals surface area contributed by atoms with E-state index in [0.717, 1.165) is 28.8 Å². The fourth-order valence-corrected chi connectivity index (χ4v) is 3.16. The van der Waals surface area contributed by atoms with Crippen LogP contribution in [-0.4, -0.2) is 33.0 Å². The van der Waals surface area contributed by atoms with Crippen LogP contribution >= 0.6 is 0 Å². The number of ketones is 1. The van der Waals surface area contributed by atoms with Crippen molar-refractivity contribution in [3.05, 3.63) is 53.6 Å². The summed E-state index contributed by atoms with van der Waals surface area (Å²) in [4.78, 5) is 27.6. The Hall–Kier alpha value is -2.99. The first-order chi connectivity index (χ1) is 13.0. The van der Waals surface area contributed by atoms with Crippen molar-refractivity contribution < 1.29 is 14.7 Å². The number of carboxylic acid groups (broad SMARTS) is 1. The number of imidazole rings is 1. The summed E-state index contributed by atoms with van der Waals surface area (Å²) >= 11 is 0. The second-order valence-corrected chi connectivity index (χ2v) is 6.60. The number of benzene rings is 2. The first-order valence-corrected chi connectivity index (χ1v) is 9.00. The Morgan fingerprint density at radius 2 is 1.85 bits per heavy atom. The molecular weight excluding hydrogens is 342 g/mol. The van der Waals surface area contributed by atoms with Gasteiger partial charge in [-0.1, -0.05) is 24.3 Å². The average Bonchev–Trinajstić information content (AvgIpc) is 2.98. The van der Waals surface area contributed by atoms with Crippen LogP contribution in [0.15, 0.2) is 42.5 Å². The maximum absolute atomic E-state index is 12.3. The minimum Gasteiger partial charge on any atom is -0.481 e. The topological polar surface area (TPSA) is 98.2 Å². The number of Topliss-reactive ketones (excluding diaryl/α,β-unsaturated/α-hetero) is 1. The molecular formula is C21H23N3O3. The standard InChI is InChI=1S/C21H23N3O3/c1-24-18-10-9-16(19(25)3-2-4-20(26)27)13-17(18)23-21(24)15-7-5-14(6-8-15)11-12-22/h5-10,13H,2-4,11-12,22H2,1H3,(H,26,27). The normalized spacial score (nSPS) is 11.0. The highest BCUT2D eigenvalue weighted by atomic mass is 16.4. The molecule has 3 N–H and O–H groups in total. The maximum atomic E-state index is 12.3. The number of nitrogens with zero attached hydrogens (tertiary/aromatic N) is 2. The molecule has 0 unspecified atom stereocenters. The molecule has 6 heteroatoms. The van der Waals surface area contributed by atoms with E-state index in [1.807, 2.05) is 29.8 Å². The van der Waals surface area contributed by atoms with Gasteiger partial charge in [-0.05, 0) is 43.1 Å². The van der Waals surface area contributed by atoms with Crippen LogP contribution in [0.25, 0.3) is 22.4 Å². The Bertz CT molecular complexity index is 974. The Kier molecular flexibility index (Phi) is 5.66. The molecule has 0 aliphatic heterocycles. The summed E-state index contributed by atoms with van der Waals surface area (Å²) in [6, 6.07) is 13.6. The Balaban J connectivity index is 1.85. The summed E-state index contributed by atoms with van der Waals surface area (Å²) in [5.41, 5.74) is 10.0. The number of aromatic nitrogens is 2. The first kappa shape index (κ1) is 18.8. The Morgan fingerprint density at radius 3 is 2.52 bits per heavy atom. The summed E-state index contributed by atoms with van der Waals surface area (Å²) in [6.07, 6.45) is 1.41. The molecule has 0 aliphatic carbocycles. The summed E-state index contributed by atoms with van der Waals surface area (Å²) in [5, 5.41) is 8.70. The zero-order chi connectivity index (χ0) is 19.4. The van der Waals surface area contributed by atoms with Crippen LogP contribution in [0.3, 0.4) is 0 Å². The monoisotopic (exact) mass is 365 g/mol. The van der Waals surface area contributed by atoms with Crippen molar-refractivity contribution in [2.45, 2.75) is 25.7 Å². The van der Waals surface area contributed by atoms with Gasteiger partial charge in [-0.15, -0.1) is 0 Å². The molecule has 2 aromatic carbocycles. The highest BCUT2D eigenvalue weighted by Crippen LogP contribution is 2.25. The van der Waals surface area contributed by atoms with Crippen molar-refractivity contribution in [2.75, 3.05) is 6.54 Å². The summed E-state index contributed by atoms with van der Waals surface area (Å²) in [7, 11) is 1.95. The van der Waals surface area contributed by atoms with Gasteiger partial charge in [0.05, 0.1) is 11.0 Å². The van der Waals surface area contributed by atoms with Gasteiger partial charge >= 0.3 is 5.97 Å². The molecule has 1 aromatic heterocycles. The summed E-state index contributed by atoms with van der Waals surface area (Å²) in [5.74, 6) is -0.110. The zero-order valence-electron chi connectivity index (χ0n) is 15.3. The minimum atomic E-state index is -0.884. The van der Waals surface area contributed by atoms with Gasteiger partial charge in [0.25, 0.3) is 0 Å². The Labute approximate surface area is 157 Å². The van der Waals surface area contributed by atoms with Crippen molar-refractivity contribution in [3.63, 3.8) is 0 Å². The minimum absolute atomic E-state index is 0.00186. The third-order valence-corrected chi connectivity index (χ3v) is 4.64. The maximum Gasteiger partial charge on any atom is 0.303 e. The molecule has 1 heterocycles. The van der Waals surface area contributed by atoms with E-state index in [1.165, 1.54) is 5.56 Å². The number of rotatable bonds is 8. The molecule has 27 heavy (non-hydrogen) atoms. The van der Waals surface area contributed by atoms with Gasteiger partial charge in [0, 0.05) is 31.0 Å². The Morgan fingerprint density at radius 1 is 1.11 bits per heavy atom. The van der Waals surface area contributed by atoms with Crippen molar-refractivity contribution in [2.24, 2.45) is 12.8 Å². The van der Waals surface area contributed by atoms with Gasteiger partial charge in [-0.2, -0.15) is 0 Å². The third-order valence-electron chi connectivity index (χ3n) is 4.64. The number of carbonyl (C=O) groups excluding carboxylic acids is 1. The second kappa shape index (κ2) is 8.14. The predicted molar refractivity (Wildman–Crippen MR) is 105 cm³/mol. The van der Waals surface area contributed by atoms with Crippen LogP contribution in [-0.2, 0) is 18.3 Å². The lowest BCUT2D eigenvalue weighted by molar-refractivity contribution is -0.137. The van der Waals surface area contributed by atoms with Crippen LogP contribution in [0.4, 0.5) is 0 Å². The van der Waals surface area contributed by atoms with E-state index in [4.69, 9.17) is 15.8 Å². The van der Waals surface area contributed by atoms with Crippen molar-refractivity contribution in [1.82, 2.24) is 9.55 Å². The van der Waals surface area contributed by atoms with Crippen LogP contribution in [0.5, 0.6) is 0 Å². The lowest BCUT2D eigenvalue weighted by atomic mass is 10.0. The number of hydrogen-bond donors (Lipinski definition) is 2. The van der Waals surface area contributed by atoms with Crippen molar-refractivity contribution in [3.8, 4) is 11.4 Å². The van der Waals surface area contributed by atoms with E-state index in [9.17, 15) is 9.59 Å². The fourth-order valence-electron chi connectivity index (χ4n) is 3.16. The van der Waals surface area contributed by atoms with Crippen LogP contribution in [0, 0.1) is 0 Å². The van der Waals surface area contributed by atoms with E-state index < -0.39 is 5.97 Å². The van der Waals surface area contributed by atoms with Crippen molar-refractivity contribution >= 4 is 22.8 Å². The van der Waals surface area contributed by atoms with E-state index in [2.05, 4.69) is 12.1 Å². The average molecular weight is 365 g/mol. The molecule has 3 aromatic rings. The largest absolute Gasteiger partial charge is 0.481 e. The lowest BCUT2D eigenvalue weighted by Crippen LogP contribution is -2.02. The molecule has 6 nitrogen and oxygen atoms in total. The number of aryl methyl sites for hydroxylation is 1. The molecule has 0 aliphatic rings. The van der Waals surface area contributed by atoms with E-state index >= 15 is 0 Å². The van der Waals surface area contributed by atoms with E-state index in [1.54, 1.807) is 12.1 Å². The second-order valence-electron chi connectivity index (χ2n) is 6.60. The lowest BCUT2D eigenvalue weighted by Gasteiger charge is -2.04. The summed E-state index contributed by atoms with van der Waals surface area (Å²) in [6.45, 7) is 0.620. The van der Waals surface area contributed by atoms with Crippen LogP contribution in [0.1, 0.15) is 35.2 Å². The molecule has 0 amide bonds. The predicted octanol–water partition coefficient (Wildman–Crippen LogP) is 3.18. The molecule has 3 rings (SSSR count). The van der Waals surface area contributed by atoms with Gasteiger partial charge in [-0.3, -0.25) is 9.59 Å². The number of aliphatic carboxylic acids is 1. The quantitative estimate of drug-likeness (QED) is 0.598. The number of fused-ring (bicyclic) bond motifs is 1. The molecule has 0 saturated carbocycles.